The van der Waals surface area contributed by atoms with Gasteiger partial charge < -0.3 is 15.4 Å². The van der Waals surface area contributed by atoms with Crippen molar-refractivity contribution in [3.8, 4) is 0 Å². The van der Waals surface area contributed by atoms with Gasteiger partial charge in [0.05, 0.1) is 11.0 Å². The van der Waals surface area contributed by atoms with Crippen molar-refractivity contribution in [3.05, 3.63) is 114 Å². The summed E-state index contributed by atoms with van der Waals surface area (Å²) in [6, 6.07) is 31.2. The predicted octanol–water partition coefficient (Wildman–Crippen LogP) is 8.01. The summed E-state index contributed by atoms with van der Waals surface area (Å²) in [6.45, 7) is 4.29. The normalized spacial score (nSPS) is 10.8. The lowest BCUT2D eigenvalue weighted by molar-refractivity contribution is 0.102. The van der Waals surface area contributed by atoms with E-state index in [9.17, 15) is 4.79 Å². The largest absolute Gasteiger partial charge is 0.337 e. The van der Waals surface area contributed by atoms with Crippen molar-refractivity contribution in [2.45, 2.75) is 31.6 Å². The second-order valence-corrected chi connectivity index (χ2v) is 9.92. The first-order valence-corrected chi connectivity index (χ1v) is 13.4. The van der Waals surface area contributed by atoms with Crippen molar-refractivity contribution in [2.75, 3.05) is 15.4 Å². The summed E-state index contributed by atoms with van der Waals surface area (Å²) >= 11 is 1.41. The van der Waals surface area contributed by atoms with Crippen LogP contribution in [-0.4, -0.2) is 15.9 Å². The molecule has 0 unspecified atom stereocenters. The van der Waals surface area contributed by atoms with E-state index in [0.29, 0.717) is 17.2 Å². The van der Waals surface area contributed by atoms with Crippen LogP contribution in [0.5, 0.6) is 0 Å². The number of aryl methyl sites for hydroxylation is 2. The van der Waals surface area contributed by atoms with Crippen LogP contribution >= 0.6 is 11.9 Å². The minimum absolute atomic E-state index is 0.145. The molecule has 6 nitrogen and oxygen atoms in total. The Morgan fingerprint density at radius 3 is 2.29 bits per heavy atom. The maximum atomic E-state index is 12.6. The third-order valence-electron chi connectivity index (χ3n) is 5.90. The Morgan fingerprint density at radius 1 is 0.789 bits per heavy atom. The Kier molecular flexibility index (Phi) is 7.85. The van der Waals surface area contributed by atoms with Crippen molar-refractivity contribution in [1.82, 2.24) is 9.97 Å². The summed E-state index contributed by atoms with van der Waals surface area (Å²) in [6.07, 6.45) is 2.12. The average Bonchev–Trinajstić information content (AvgIpc) is 2.92. The van der Waals surface area contributed by atoms with Crippen molar-refractivity contribution in [3.63, 3.8) is 0 Å². The van der Waals surface area contributed by atoms with E-state index in [-0.39, 0.29) is 5.91 Å². The molecular formula is C31H29N5OS. The molecule has 0 aliphatic rings. The number of anilines is 4. The summed E-state index contributed by atoms with van der Waals surface area (Å²) in [4.78, 5) is 23.2. The number of rotatable bonds is 9. The van der Waals surface area contributed by atoms with Crippen molar-refractivity contribution in [2.24, 2.45) is 0 Å². The summed E-state index contributed by atoms with van der Waals surface area (Å²) in [5, 5.41) is 6.46. The lowest BCUT2D eigenvalue weighted by Crippen LogP contribution is -2.11. The minimum Gasteiger partial charge on any atom is -0.337 e. The number of aromatic nitrogens is 2. The quantitative estimate of drug-likeness (QED) is 0.171. The molecule has 1 heterocycles. The SMILES string of the molecule is CCCc1cc(C)cc(Nc2nc3ccccc3nc2NSc2cccc(NC(=O)c3ccccc3)c2)c1. The molecule has 3 N–H and O–H groups in total. The molecule has 5 aromatic rings. The van der Waals surface area contributed by atoms with Crippen LogP contribution in [0.2, 0.25) is 0 Å². The maximum Gasteiger partial charge on any atom is 0.255 e. The molecule has 7 heteroatoms. The number of carbonyl (C=O) groups is 1. The van der Waals surface area contributed by atoms with Crippen molar-refractivity contribution >= 4 is 51.9 Å². The van der Waals surface area contributed by atoms with Crippen molar-refractivity contribution in [1.29, 1.82) is 0 Å². The van der Waals surface area contributed by atoms with E-state index in [1.165, 1.54) is 23.1 Å². The summed E-state index contributed by atoms with van der Waals surface area (Å²) < 4.78 is 3.38. The van der Waals surface area contributed by atoms with Crippen LogP contribution in [0.15, 0.2) is 102 Å². The van der Waals surface area contributed by atoms with E-state index >= 15 is 0 Å². The Balaban J connectivity index is 1.38. The number of nitrogens with one attached hydrogen (secondary N) is 3. The molecule has 190 valence electrons. The van der Waals surface area contributed by atoms with Crippen molar-refractivity contribution < 1.29 is 4.79 Å². The van der Waals surface area contributed by atoms with Gasteiger partial charge in [-0.1, -0.05) is 55.8 Å². The van der Waals surface area contributed by atoms with Gasteiger partial charge in [-0.15, -0.1) is 0 Å². The topological polar surface area (TPSA) is 78.9 Å². The molecule has 0 spiro atoms. The third-order valence-corrected chi connectivity index (χ3v) is 6.69. The first kappa shape index (κ1) is 25.3. The zero-order chi connectivity index (χ0) is 26.3. The van der Waals surface area contributed by atoms with Gasteiger partial charge in [-0.25, -0.2) is 9.97 Å². The standard InChI is InChI=1S/C31H29N5OS/c1-3-10-22-17-21(2)18-25(19-22)32-29-30(35-28-16-8-7-15-27(28)34-29)36-38-26-14-9-13-24(20-26)33-31(37)23-11-5-4-6-12-23/h4-9,11-20H,3,10H2,1-2H3,(H,32,34)(H,33,37)(H,35,36). The number of benzene rings is 4. The number of amides is 1. The van der Waals surface area contributed by atoms with Gasteiger partial charge >= 0.3 is 0 Å². The number of hydrogen-bond donors (Lipinski definition) is 3. The van der Waals surface area contributed by atoms with E-state index in [1.54, 1.807) is 12.1 Å². The fourth-order valence-electron chi connectivity index (χ4n) is 4.20. The van der Waals surface area contributed by atoms with Gasteiger partial charge in [-0.05, 0) is 91.0 Å². The maximum absolute atomic E-state index is 12.6. The second kappa shape index (κ2) is 11.8. The zero-order valence-electron chi connectivity index (χ0n) is 21.4. The summed E-state index contributed by atoms with van der Waals surface area (Å²) in [7, 11) is 0. The van der Waals surface area contributed by atoms with Gasteiger partial charge in [0.2, 0.25) is 0 Å². The van der Waals surface area contributed by atoms with Crippen LogP contribution in [0.3, 0.4) is 0 Å². The molecule has 0 saturated carbocycles. The Hall–Kier alpha value is -4.36. The number of nitrogens with zero attached hydrogens (tertiary/aromatic N) is 2. The van der Waals surface area contributed by atoms with E-state index < -0.39 is 0 Å². The molecule has 4 aromatic carbocycles. The molecule has 5 rings (SSSR count). The van der Waals surface area contributed by atoms with Crippen LogP contribution < -0.4 is 15.4 Å². The van der Waals surface area contributed by atoms with Gasteiger partial charge in [0, 0.05) is 21.8 Å². The molecule has 1 amide bonds. The molecular weight excluding hydrogens is 490 g/mol. The van der Waals surface area contributed by atoms with Crippen LogP contribution in [0, 0.1) is 6.92 Å². The van der Waals surface area contributed by atoms with Gasteiger partial charge in [0.15, 0.2) is 11.6 Å². The number of fused-ring (bicyclic) bond motifs is 1. The highest BCUT2D eigenvalue weighted by molar-refractivity contribution is 8.00. The lowest BCUT2D eigenvalue weighted by Gasteiger charge is -2.14. The van der Waals surface area contributed by atoms with Crippen LogP contribution in [0.1, 0.15) is 34.8 Å². The van der Waals surface area contributed by atoms with Gasteiger partial charge in [-0.3, -0.25) is 4.79 Å². The first-order valence-electron chi connectivity index (χ1n) is 12.6. The second-order valence-electron chi connectivity index (χ2n) is 9.04. The Bertz CT molecular complexity index is 1570. The molecule has 0 bridgehead atoms. The van der Waals surface area contributed by atoms with Crippen LogP contribution in [0.4, 0.5) is 23.0 Å². The third kappa shape index (κ3) is 6.30. The minimum atomic E-state index is -0.145. The highest BCUT2D eigenvalue weighted by Crippen LogP contribution is 2.30. The zero-order valence-corrected chi connectivity index (χ0v) is 22.2. The fraction of sp³-hybridized carbons (Fsp3) is 0.129. The fourth-order valence-corrected chi connectivity index (χ4v) is 4.89. The smallest absolute Gasteiger partial charge is 0.255 e. The predicted molar refractivity (Wildman–Crippen MR) is 158 cm³/mol. The average molecular weight is 520 g/mol. The molecule has 0 fully saturated rings. The highest BCUT2D eigenvalue weighted by atomic mass is 32.2. The lowest BCUT2D eigenvalue weighted by atomic mass is 10.1. The Labute approximate surface area is 227 Å². The molecule has 0 aliphatic heterocycles. The van der Waals surface area contributed by atoms with Gasteiger partial charge in [-0.2, -0.15) is 0 Å². The highest BCUT2D eigenvalue weighted by Gasteiger charge is 2.12. The molecule has 38 heavy (non-hydrogen) atoms. The summed E-state index contributed by atoms with van der Waals surface area (Å²) in [5.41, 5.74) is 6.43. The molecule has 0 saturated heterocycles. The first-order chi connectivity index (χ1) is 18.6. The number of carbonyl (C=O) groups excluding carboxylic acids is 1. The molecule has 0 radical (unpaired) electrons. The molecule has 1 aromatic heterocycles. The van der Waals surface area contributed by atoms with Gasteiger partial charge in [0.25, 0.3) is 5.91 Å². The van der Waals surface area contributed by atoms with E-state index in [4.69, 9.17) is 9.97 Å². The Morgan fingerprint density at radius 2 is 1.53 bits per heavy atom. The monoisotopic (exact) mass is 519 g/mol. The summed E-state index contributed by atoms with van der Waals surface area (Å²) in [5.74, 6) is 1.14. The van der Waals surface area contributed by atoms with E-state index in [1.807, 2.05) is 66.7 Å². The molecule has 0 aliphatic carbocycles. The van der Waals surface area contributed by atoms with Gasteiger partial charge in [0.1, 0.15) is 0 Å². The van der Waals surface area contributed by atoms with Crippen LogP contribution in [-0.2, 0) is 6.42 Å². The van der Waals surface area contributed by atoms with E-state index in [2.05, 4.69) is 47.4 Å². The molecule has 0 atom stereocenters. The number of para-hydroxylation sites is 2. The van der Waals surface area contributed by atoms with Crippen LogP contribution in [0.25, 0.3) is 11.0 Å². The van der Waals surface area contributed by atoms with E-state index in [0.717, 1.165) is 40.1 Å². The number of hydrogen-bond acceptors (Lipinski definition) is 6.